The average molecular weight is 472 g/mol. The third-order valence-corrected chi connectivity index (χ3v) is 6.95. The first-order valence-electron chi connectivity index (χ1n) is 10.9. The zero-order chi connectivity index (χ0) is 25.1. The minimum absolute atomic E-state index is 0.00937. The molecule has 1 aromatic heterocycles. The van der Waals surface area contributed by atoms with Crippen molar-refractivity contribution in [3.8, 4) is 17.6 Å². The molecule has 0 radical (unpaired) electrons. The molecule has 3 atom stereocenters. The number of nitrogens with two attached hydrogens (primary N) is 1. The number of primary amides is 1. The van der Waals surface area contributed by atoms with Gasteiger partial charge in [0.25, 0.3) is 5.91 Å². The summed E-state index contributed by atoms with van der Waals surface area (Å²) in [5.41, 5.74) is 3.33. The van der Waals surface area contributed by atoms with Gasteiger partial charge in [-0.15, -0.1) is 0 Å². The summed E-state index contributed by atoms with van der Waals surface area (Å²) in [6.45, 7) is 0. The first kappa shape index (κ1) is 22.4. The number of hydrogen-bond donors (Lipinski definition) is 5. The van der Waals surface area contributed by atoms with Crippen molar-refractivity contribution in [2.45, 2.75) is 24.9 Å². The zero-order valence-corrected chi connectivity index (χ0v) is 18.3. The third kappa shape index (κ3) is 3.22. The number of ketones is 2. The lowest BCUT2D eigenvalue weighted by Crippen LogP contribution is -2.58. The van der Waals surface area contributed by atoms with Gasteiger partial charge in [0, 0.05) is 41.4 Å². The lowest BCUT2D eigenvalue weighted by molar-refractivity contribution is -0.147. The first-order chi connectivity index (χ1) is 16.6. The molecule has 1 saturated carbocycles. The molecule has 3 aliphatic carbocycles. The second-order valence-electron chi connectivity index (χ2n) is 8.88. The Morgan fingerprint density at radius 3 is 2.57 bits per heavy atom. The van der Waals surface area contributed by atoms with Crippen molar-refractivity contribution in [1.29, 1.82) is 0 Å². The summed E-state index contributed by atoms with van der Waals surface area (Å²) in [5, 5.41) is 43.5. The number of aromatic nitrogens is 1. The number of pyridine rings is 1. The number of hydrogen-bond acceptors (Lipinski definition) is 8. The normalized spacial score (nSPS) is 25.3. The van der Waals surface area contributed by atoms with Gasteiger partial charge in [0.15, 0.2) is 11.4 Å². The van der Waals surface area contributed by atoms with E-state index in [1.54, 1.807) is 30.6 Å². The minimum atomic E-state index is -2.58. The van der Waals surface area contributed by atoms with E-state index < -0.39 is 52.0 Å². The number of phenolic OH excluding ortho intramolecular Hbond substituents is 1. The van der Waals surface area contributed by atoms with Gasteiger partial charge in [0.05, 0.1) is 5.56 Å². The number of carbonyl (C=O) groups is 3. The van der Waals surface area contributed by atoms with Crippen LogP contribution >= 0.6 is 0 Å². The molecule has 176 valence electrons. The van der Waals surface area contributed by atoms with E-state index in [1.807, 2.05) is 0 Å². The summed E-state index contributed by atoms with van der Waals surface area (Å²) in [5.74, 6) is -0.599. The fourth-order valence-electron chi connectivity index (χ4n) is 5.31. The Kier molecular flexibility index (Phi) is 5.00. The Morgan fingerprint density at radius 2 is 1.89 bits per heavy atom. The van der Waals surface area contributed by atoms with Gasteiger partial charge in [0.1, 0.15) is 22.8 Å². The van der Waals surface area contributed by atoms with Crippen molar-refractivity contribution in [1.82, 2.24) is 4.98 Å². The van der Waals surface area contributed by atoms with E-state index in [2.05, 4.69) is 16.8 Å². The highest BCUT2D eigenvalue weighted by Crippen LogP contribution is 2.52. The van der Waals surface area contributed by atoms with Crippen LogP contribution in [0.15, 0.2) is 53.6 Å². The molecule has 0 spiro atoms. The van der Waals surface area contributed by atoms with Crippen molar-refractivity contribution in [3.63, 3.8) is 0 Å². The predicted molar refractivity (Wildman–Crippen MR) is 122 cm³/mol. The van der Waals surface area contributed by atoms with E-state index in [1.165, 1.54) is 6.07 Å². The lowest BCUT2D eigenvalue weighted by atomic mass is 9.59. The summed E-state index contributed by atoms with van der Waals surface area (Å²) in [6.07, 6.45) is 3.11. The molecule has 0 unspecified atom stereocenters. The van der Waals surface area contributed by atoms with Gasteiger partial charge in [-0.25, -0.2) is 0 Å². The van der Waals surface area contributed by atoms with Crippen LogP contribution in [0.1, 0.15) is 35.1 Å². The fraction of sp³-hybridized carbons (Fsp3) is 0.231. The van der Waals surface area contributed by atoms with Crippen LogP contribution in [0.25, 0.3) is 5.76 Å². The van der Waals surface area contributed by atoms with Gasteiger partial charge in [-0.3, -0.25) is 19.4 Å². The van der Waals surface area contributed by atoms with Gasteiger partial charge in [-0.1, -0.05) is 11.8 Å². The number of amides is 1. The van der Waals surface area contributed by atoms with E-state index in [0.29, 0.717) is 16.7 Å². The first-order valence-corrected chi connectivity index (χ1v) is 10.9. The zero-order valence-electron chi connectivity index (χ0n) is 18.3. The monoisotopic (exact) mass is 472 g/mol. The summed E-state index contributed by atoms with van der Waals surface area (Å²) in [7, 11) is 0. The lowest BCUT2D eigenvalue weighted by Gasteiger charge is -2.46. The van der Waals surface area contributed by atoms with Crippen molar-refractivity contribution in [2.24, 2.45) is 17.6 Å². The van der Waals surface area contributed by atoms with Crippen molar-refractivity contribution in [3.05, 3.63) is 75.8 Å². The van der Waals surface area contributed by atoms with E-state index in [9.17, 15) is 34.8 Å². The number of carbonyl (C=O) groups excluding carboxylic acids is 3. The molecule has 1 heterocycles. The number of nitrogens with zero attached hydrogens (tertiary/aromatic N) is 1. The number of rotatable bonds is 1. The third-order valence-electron chi connectivity index (χ3n) is 6.95. The second kappa shape index (κ2) is 7.82. The molecule has 2 aromatic rings. The van der Waals surface area contributed by atoms with Crippen LogP contribution in [0, 0.1) is 23.7 Å². The Balaban J connectivity index is 1.66. The maximum atomic E-state index is 13.5. The summed E-state index contributed by atoms with van der Waals surface area (Å²) < 4.78 is 0. The molecular weight excluding hydrogens is 452 g/mol. The highest BCUT2D eigenvalue weighted by molar-refractivity contribution is 6.22. The van der Waals surface area contributed by atoms with Gasteiger partial charge in [0.2, 0.25) is 5.78 Å². The maximum Gasteiger partial charge on any atom is 0.255 e. The Morgan fingerprint density at radius 1 is 1.11 bits per heavy atom. The number of aliphatic hydroxyl groups is 3. The number of Topliss-reactive ketones (excluding diaryl/α,β-unsaturated/α-hetero) is 2. The summed E-state index contributed by atoms with van der Waals surface area (Å²) in [6, 6.07) is 6.47. The Bertz CT molecular complexity index is 1450. The van der Waals surface area contributed by atoms with Crippen molar-refractivity contribution < 1.29 is 34.8 Å². The molecule has 0 bridgehead atoms. The SMILES string of the molecule is NC(=O)C1=C(O)[C@@]2(O)C(=O)C3=C(O)c4c(O)ccc(C#Cc5cccnc5)c4C[C@H]3C[C@H]2CC1=O. The molecule has 35 heavy (non-hydrogen) atoms. The number of fused-ring (bicyclic) bond motifs is 3. The quantitative estimate of drug-likeness (QED) is 0.304. The predicted octanol–water partition coefficient (Wildman–Crippen LogP) is 1.22. The molecular formula is C26H20N2O7. The highest BCUT2D eigenvalue weighted by Gasteiger charge is 2.60. The topological polar surface area (TPSA) is 171 Å². The fourth-order valence-corrected chi connectivity index (χ4v) is 5.31. The van der Waals surface area contributed by atoms with E-state index in [-0.39, 0.29) is 36.1 Å². The van der Waals surface area contributed by atoms with Gasteiger partial charge < -0.3 is 26.2 Å². The number of phenols is 1. The molecule has 5 rings (SSSR count). The molecule has 9 nitrogen and oxygen atoms in total. The van der Waals surface area contributed by atoms with Crippen LogP contribution < -0.4 is 5.73 Å². The molecule has 9 heteroatoms. The average Bonchev–Trinajstić information content (AvgIpc) is 2.81. The molecule has 3 aliphatic rings. The van der Waals surface area contributed by atoms with Gasteiger partial charge >= 0.3 is 0 Å². The van der Waals surface area contributed by atoms with Crippen LogP contribution in [0.5, 0.6) is 5.75 Å². The van der Waals surface area contributed by atoms with Crippen molar-refractivity contribution in [2.75, 3.05) is 0 Å². The molecule has 1 aromatic carbocycles. The Labute approximate surface area is 199 Å². The van der Waals surface area contributed by atoms with Crippen LogP contribution in [-0.4, -0.2) is 48.5 Å². The highest BCUT2D eigenvalue weighted by atomic mass is 16.3. The minimum Gasteiger partial charge on any atom is -0.508 e. The maximum absolute atomic E-state index is 13.5. The molecule has 0 saturated heterocycles. The summed E-state index contributed by atoms with van der Waals surface area (Å²) in [4.78, 5) is 41.6. The van der Waals surface area contributed by atoms with Crippen LogP contribution in [0.3, 0.4) is 0 Å². The van der Waals surface area contributed by atoms with Crippen LogP contribution in [0.2, 0.25) is 0 Å². The largest absolute Gasteiger partial charge is 0.508 e. The van der Waals surface area contributed by atoms with Gasteiger partial charge in [-0.2, -0.15) is 0 Å². The van der Waals surface area contributed by atoms with Gasteiger partial charge in [-0.05, 0) is 48.6 Å². The molecule has 1 amide bonds. The number of benzene rings is 1. The Hall–Kier alpha value is -4.42. The van der Waals surface area contributed by atoms with E-state index in [0.717, 1.165) is 0 Å². The van der Waals surface area contributed by atoms with Crippen LogP contribution in [-0.2, 0) is 20.8 Å². The van der Waals surface area contributed by atoms with E-state index >= 15 is 0 Å². The summed E-state index contributed by atoms with van der Waals surface area (Å²) >= 11 is 0. The molecule has 1 fully saturated rings. The van der Waals surface area contributed by atoms with E-state index in [4.69, 9.17) is 5.73 Å². The van der Waals surface area contributed by atoms with Crippen molar-refractivity contribution >= 4 is 23.2 Å². The smallest absolute Gasteiger partial charge is 0.255 e. The number of aliphatic hydroxyl groups excluding tert-OH is 2. The number of aromatic hydroxyl groups is 1. The standard InChI is InChI=1S/C26H20N2O7/c27-25(34)21-18(30)10-15-8-14-9-16-13(4-3-12-2-1-7-28-11-12)5-6-17(29)20(16)22(31)19(14)23(32)26(15,35)24(21)33/h1-2,5-7,11,14-15,29,31,33,35H,8-10H2,(H2,27,34)/t14-,15+,26+/m1/s1. The second-order valence-corrected chi connectivity index (χ2v) is 8.88. The molecule has 0 aliphatic heterocycles. The molecule has 6 N–H and O–H groups in total. The van der Waals surface area contributed by atoms with Crippen LogP contribution in [0.4, 0.5) is 0 Å².